The topological polar surface area (TPSA) is 153 Å². The monoisotopic (exact) mass is 1040 g/mol. The molecule has 74 heavy (non-hydrogen) atoms. The predicted molar refractivity (Wildman–Crippen MR) is 292 cm³/mol. The van der Waals surface area contributed by atoms with Gasteiger partial charge in [-0.15, -0.1) is 11.3 Å². The highest BCUT2D eigenvalue weighted by Crippen LogP contribution is 2.52. The fourth-order valence-corrected chi connectivity index (χ4v) is 14.8. The summed E-state index contributed by atoms with van der Waals surface area (Å²) in [5.74, 6) is 1.04. The maximum absolute atomic E-state index is 14.4. The number of carbonyl (C=O) groups is 3. The van der Waals surface area contributed by atoms with E-state index in [1.54, 1.807) is 17.4 Å². The van der Waals surface area contributed by atoms with Gasteiger partial charge in [0.05, 0.1) is 55.3 Å². The number of β-amino-alcohol motifs (C(OH)–C–C–N with tert-alkyl or cyclic N) is 1. The number of aromatic nitrogens is 3. The zero-order chi connectivity index (χ0) is 51.6. The van der Waals surface area contributed by atoms with Crippen LogP contribution in [0.4, 0.5) is 0 Å². The van der Waals surface area contributed by atoms with Crippen molar-refractivity contribution >= 4 is 51.6 Å². The van der Waals surface area contributed by atoms with Crippen molar-refractivity contribution in [3.8, 4) is 16.1 Å². The molecule has 4 atom stereocenters. The number of carbonyl (C=O) groups excluding carboxylic acids is 3. The van der Waals surface area contributed by atoms with Crippen LogP contribution in [0, 0.1) is 24.2 Å². The summed E-state index contributed by atoms with van der Waals surface area (Å²) < 4.78 is 2.24. The van der Waals surface area contributed by atoms with E-state index in [-0.39, 0.29) is 53.6 Å². The van der Waals surface area contributed by atoms with Crippen molar-refractivity contribution in [2.75, 3.05) is 39.3 Å². The van der Waals surface area contributed by atoms with Crippen LogP contribution in [0.2, 0.25) is 5.02 Å². The molecule has 15 heteroatoms. The van der Waals surface area contributed by atoms with Gasteiger partial charge in [0.25, 0.3) is 5.56 Å². The van der Waals surface area contributed by atoms with Gasteiger partial charge in [-0.1, -0.05) is 94.1 Å². The van der Waals surface area contributed by atoms with Gasteiger partial charge in [-0.2, -0.15) is 4.98 Å². The molecular formula is C59H73ClN8O5S. The molecule has 6 aliphatic rings. The third-order valence-electron chi connectivity index (χ3n) is 18.0. The van der Waals surface area contributed by atoms with Gasteiger partial charge in [-0.3, -0.25) is 33.5 Å². The molecule has 1 spiro atoms. The number of aliphatic hydroxyl groups is 1. The lowest BCUT2D eigenvalue weighted by Gasteiger charge is -2.49. The molecule has 3 aromatic carbocycles. The number of hydrogen-bond donors (Lipinski definition) is 3. The van der Waals surface area contributed by atoms with E-state index in [9.17, 15) is 24.3 Å². The lowest BCUT2D eigenvalue weighted by molar-refractivity contribution is -0.145. The largest absolute Gasteiger partial charge is 0.391 e. The average Bonchev–Trinajstić information content (AvgIpc) is 4.07. The fourth-order valence-electron chi connectivity index (χ4n) is 13.7. The van der Waals surface area contributed by atoms with E-state index in [1.807, 2.05) is 76.5 Å². The highest BCUT2D eigenvalue weighted by Gasteiger charge is 2.48. The fraction of sp³-hybridized carbons (Fsp3) is 0.559. The summed E-state index contributed by atoms with van der Waals surface area (Å²) in [6, 6.07) is 19.5. The van der Waals surface area contributed by atoms with E-state index >= 15 is 0 Å². The quantitative estimate of drug-likeness (QED) is 0.118. The molecule has 3 amide bonds. The first kappa shape index (κ1) is 51.1. The number of aryl methyl sites for hydroxylation is 1. The third-order valence-corrected chi connectivity index (χ3v) is 19.3. The lowest BCUT2D eigenvalue weighted by Crippen LogP contribution is -2.61. The number of benzene rings is 3. The van der Waals surface area contributed by atoms with E-state index < -0.39 is 23.6 Å². The number of hydrogen-bond acceptors (Lipinski definition) is 10. The number of nitrogens with zero attached hydrogens (tertiary/aromatic N) is 6. The predicted octanol–water partition coefficient (Wildman–Crippen LogP) is 9.07. The molecule has 11 rings (SSSR count). The SMILES string of the molecule is Cc1ncsc1-c1ccc([C@H](C)NC(=O)[C@@H]2C[C@@H](O)CN2C(=O)[C@@H](NC(=O)[C@H]2CC[C@H](CN3CC(N4CCC(c5ccc6c(c5)C5(CCCCC5)c5nc(=O)c7c(Cl)cccc7n5-6)CC4)C3)CC2)C(C)(C)C)cc1. The first-order chi connectivity index (χ1) is 35.6. The minimum atomic E-state index is -0.844. The van der Waals surface area contributed by atoms with Crippen LogP contribution in [-0.4, -0.2) is 116 Å². The van der Waals surface area contributed by atoms with Crippen LogP contribution in [0.25, 0.3) is 27.0 Å². The molecule has 2 saturated carbocycles. The maximum Gasteiger partial charge on any atom is 0.282 e. The molecule has 0 radical (unpaired) electrons. The van der Waals surface area contributed by atoms with Crippen LogP contribution in [0.5, 0.6) is 0 Å². The normalized spacial score (nSPS) is 24.3. The van der Waals surface area contributed by atoms with Gasteiger partial charge in [-0.05, 0) is 136 Å². The van der Waals surface area contributed by atoms with Crippen LogP contribution >= 0.6 is 22.9 Å². The highest BCUT2D eigenvalue weighted by atomic mass is 35.5. The number of piperidine rings is 1. The first-order valence-electron chi connectivity index (χ1n) is 27.5. The van der Waals surface area contributed by atoms with Crippen LogP contribution in [0.3, 0.4) is 0 Å². The van der Waals surface area contributed by atoms with Crippen molar-refractivity contribution < 1.29 is 19.5 Å². The van der Waals surface area contributed by atoms with E-state index in [0.717, 1.165) is 136 Å². The summed E-state index contributed by atoms with van der Waals surface area (Å²) in [6.45, 7) is 15.2. The van der Waals surface area contributed by atoms with Crippen molar-refractivity contribution in [2.24, 2.45) is 17.3 Å². The van der Waals surface area contributed by atoms with Crippen LogP contribution in [0.1, 0.15) is 145 Å². The van der Waals surface area contributed by atoms with Crippen LogP contribution < -0.4 is 16.2 Å². The van der Waals surface area contributed by atoms with E-state index in [1.165, 1.54) is 22.4 Å². The Labute approximate surface area is 444 Å². The molecular weight excluding hydrogens is 968 g/mol. The molecule has 3 N–H and O–H groups in total. The Morgan fingerprint density at radius 3 is 2.32 bits per heavy atom. The number of rotatable bonds is 11. The van der Waals surface area contributed by atoms with Crippen molar-refractivity contribution in [2.45, 2.75) is 153 Å². The highest BCUT2D eigenvalue weighted by molar-refractivity contribution is 7.13. The minimum absolute atomic E-state index is 0.0437. The van der Waals surface area contributed by atoms with Crippen molar-refractivity contribution in [3.05, 3.63) is 110 Å². The molecule has 13 nitrogen and oxygen atoms in total. The van der Waals surface area contributed by atoms with Gasteiger partial charge in [0.15, 0.2) is 0 Å². The molecule has 4 aliphatic heterocycles. The van der Waals surface area contributed by atoms with Crippen LogP contribution in [-0.2, 0) is 19.8 Å². The summed E-state index contributed by atoms with van der Waals surface area (Å²) in [6.07, 6.45) is 10.6. The Morgan fingerprint density at radius 2 is 1.64 bits per heavy atom. The standard InChI is InChI=1S/C59H73ClN8O5S/c1-35(38-16-18-40(19-17-38)51-36(2)61-34-74-51)62-54(71)49-29-44(69)33-67(49)56(73)52(58(3,4)5)63-53(70)41-14-12-37(13-15-41)30-65-31-43(32-65)66-26-22-39(23-27-66)42-20-21-47-45(28-42)59(24-7-6-8-25-59)57-64-55(72)50-46(60)10-9-11-48(50)68(47)57/h9-11,16-21,28,34-35,37,39,41,43-44,49,52,69H,6-8,12-15,22-27,29-33H2,1-5H3,(H,62,71)(H,63,70)/t35-,37-,41-,44+,49-,52+/m0/s1. The molecule has 6 heterocycles. The number of aliphatic hydroxyl groups excluding tert-OH is 1. The molecule has 5 fully saturated rings. The molecule has 2 aliphatic carbocycles. The summed E-state index contributed by atoms with van der Waals surface area (Å²) in [5.41, 5.74) is 8.51. The van der Waals surface area contributed by atoms with Gasteiger partial charge in [0.2, 0.25) is 17.7 Å². The van der Waals surface area contributed by atoms with Crippen LogP contribution in [0.15, 0.2) is 71.0 Å². The lowest BCUT2D eigenvalue weighted by atomic mass is 9.69. The third kappa shape index (κ3) is 9.64. The van der Waals surface area contributed by atoms with Gasteiger partial charge in [-0.25, -0.2) is 4.98 Å². The second kappa shape index (κ2) is 20.5. The Balaban J connectivity index is 0.647. The molecule has 0 unspecified atom stereocenters. The molecule has 2 aromatic heterocycles. The Morgan fingerprint density at radius 1 is 0.905 bits per heavy atom. The molecule has 5 aromatic rings. The van der Waals surface area contributed by atoms with Crippen molar-refractivity contribution in [1.29, 1.82) is 0 Å². The van der Waals surface area contributed by atoms with E-state index in [0.29, 0.717) is 28.3 Å². The molecule has 392 valence electrons. The maximum atomic E-state index is 14.4. The average molecular weight is 1040 g/mol. The molecule has 3 saturated heterocycles. The number of amides is 3. The summed E-state index contributed by atoms with van der Waals surface area (Å²) >= 11 is 8.20. The van der Waals surface area contributed by atoms with E-state index in [4.69, 9.17) is 16.6 Å². The zero-order valence-corrected chi connectivity index (χ0v) is 45.3. The number of thiazole rings is 1. The summed E-state index contributed by atoms with van der Waals surface area (Å²) in [7, 11) is 0. The van der Waals surface area contributed by atoms with Gasteiger partial charge >= 0.3 is 0 Å². The number of fused-ring (bicyclic) bond motifs is 7. The Hall–Kier alpha value is -4.99. The summed E-state index contributed by atoms with van der Waals surface area (Å²) in [4.78, 5) is 72.8. The second-order valence-electron chi connectivity index (χ2n) is 23.9. The Kier molecular flexibility index (Phi) is 14.2. The van der Waals surface area contributed by atoms with Gasteiger partial charge in [0.1, 0.15) is 17.9 Å². The van der Waals surface area contributed by atoms with Crippen molar-refractivity contribution in [1.82, 2.24) is 39.9 Å². The smallest absolute Gasteiger partial charge is 0.282 e. The van der Waals surface area contributed by atoms with E-state index in [2.05, 4.69) is 48.2 Å². The number of halogens is 1. The van der Waals surface area contributed by atoms with Gasteiger partial charge in [0, 0.05) is 44.6 Å². The summed E-state index contributed by atoms with van der Waals surface area (Å²) in [5, 5.41) is 18.0. The number of likely N-dealkylation sites (tertiary alicyclic amines) is 3. The Bertz CT molecular complexity index is 2980. The number of nitrogens with one attached hydrogen (secondary N) is 2. The minimum Gasteiger partial charge on any atom is -0.391 e. The van der Waals surface area contributed by atoms with Gasteiger partial charge < -0.3 is 20.6 Å². The zero-order valence-electron chi connectivity index (χ0n) is 43.7. The molecule has 0 bridgehead atoms. The second-order valence-corrected chi connectivity index (χ2v) is 25.1. The first-order valence-corrected chi connectivity index (χ1v) is 28.7. The van der Waals surface area contributed by atoms with Crippen molar-refractivity contribution in [3.63, 3.8) is 0 Å².